The van der Waals surface area contributed by atoms with E-state index in [-0.39, 0.29) is 36.8 Å². The van der Waals surface area contributed by atoms with Crippen LogP contribution in [0.3, 0.4) is 0 Å². The van der Waals surface area contributed by atoms with Crippen LogP contribution >= 0.6 is 0 Å². The van der Waals surface area contributed by atoms with Crippen molar-refractivity contribution in [2.24, 2.45) is 0 Å². The monoisotopic (exact) mass is 401 g/mol. The van der Waals surface area contributed by atoms with Gasteiger partial charge in [-0.3, -0.25) is 14.5 Å². The molecule has 150 valence electrons. The van der Waals surface area contributed by atoms with E-state index in [0.29, 0.717) is 17.2 Å². The van der Waals surface area contributed by atoms with Crippen LogP contribution in [-0.2, 0) is 20.9 Å². The number of para-hydroxylation sites is 2. The number of anilines is 1. The van der Waals surface area contributed by atoms with Crippen molar-refractivity contribution < 1.29 is 23.9 Å². The van der Waals surface area contributed by atoms with E-state index in [9.17, 15) is 14.4 Å². The summed E-state index contributed by atoms with van der Waals surface area (Å²) < 4.78 is 11.3. The Balaban J connectivity index is 1.46. The number of ether oxygens (including phenoxy) is 2. The molecule has 1 heterocycles. The topological polar surface area (TPSA) is 72.9 Å². The summed E-state index contributed by atoms with van der Waals surface area (Å²) in [5.74, 6) is 0.197. The second kappa shape index (κ2) is 8.61. The maximum atomic E-state index is 12.6. The van der Waals surface area contributed by atoms with Crippen LogP contribution in [0.2, 0.25) is 0 Å². The minimum absolute atomic E-state index is 0.0215. The van der Waals surface area contributed by atoms with Gasteiger partial charge < -0.3 is 9.47 Å². The van der Waals surface area contributed by atoms with Crippen molar-refractivity contribution in [1.82, 2.24) is 0 Å². The first-order valence-electron chi connectivity index (χ1n) is 9.55. The molecule has 0 aromatic heterocycles. The minimum Gasteiger partial charge on any atom is -0.457 e. The van der Waals surface area contributed by atoms with Gasteiger partial charge >= 0.3 is 5.97 Å². The lowest BCUT2D eigenvalue weighted by molar-refractivity contribution is -0.121. The maximum Gasteiger partial charge on any atom is 0.338 e. The third-order valence-electron chi connectivity index (χ3n) is 4.69. The lowest BCUT2D eigenvalue weighted by atomic mass is 10.2. The molecule has 0 unspecified atom stereocenters. The number of amides is 2. The van der Waals surface area contributed by atoms with Crippen LogP contribution in [0.5, 0.6) is 11.5 Å². The van der Waals surface area contributed by atoms with Crippen molar-refractivity contribution in [2.75, 3.05) is 4.90 Å². The molecule has 0 N–H and O–H groups in total. The van der Waals surface area contributed by atoms with Gasteiger partial charge in [0.2, 0.25) is 11.8 Å². The first kappa shape index (κ1) is 19.4. The molecule has 0 aliphatic carbocycles. The molecule has 30 heavy (non-hydrogen) atoms. The Hall–Kier alpha value is -3.93. The van der Waals surface area contributed by atoms with Crippen LogP contribution in [0.4, 0.5) is 5.69 Å². The van der Waals surface area contributed by atoms with Crippen LogP contribution in [0.15, 0.2) is 78.9 Å². The zero-order chi connectivity index (χ0) is 20.9. The molecular weight excluding hydrogens is 382 g/mol. The summed E-state index contributed by atoms with van der Waals surface area (Å²) in [7, 11) is 0. The summed E-state index contributed by atoms with van der Waals surface area (Å²) in [5, 5.41) is 0. The largest absolute Gasteiger partial charge is 0.457 e. The van der Waals surface area contributed by atoms with Crippen LogP contribution in [0, 0.1) is 0 Å². The average Bonchev–Trinajstić information content (AvgIpc) is 3.11. The molecule has 3 aromatic carbocycles. The second-order valence-corrected chi connectivity index (χ2v) is 6.77. The molecule has 1 fully saturated rings. The molecule has 6 heteroatoms. The highest BCUT2D eigenvalue weighted by atomic mass is 16.5. The highest BCUT2D eigenvalue weighted by Crippen LogP contribution is 2.27. The molecule has 1 saturated heterocycles. The lowest BCUT2D eigenvalue weighted by Gasteiger charge is -2.15. The predicted molar refractivity (Wildman–Crippen MR) is 110 cm³/mol. The Morgan fingerprint density at radius 1 is 0.833 bits per heavy atom. The fourth-order valence-electron chi connectivity index (χ4n) is 3.20. The van der Waals surface area contributed by atoms with Crippen LogP contribution in [-0.4, -0.2) is 17.8 Å². The van der Waals surface area contributed by atoms with Gasteiger partial charge in [-0.15, -0.1) is 0 Å². The molecule has 1 aliphatic heterocycles. The Morgan fingerprint density at radius 3 is 2.30 bits per heavy atom. The SMILES string of the molecule is O=C(OCc1ccccc1Oc1ccccc1)c1cccc(N2C(=O)CCC2=O)c1. The van der Waals surface area contributed by atoms with Gasteiger partial charge in [0.05, 0.1) is 11.3 Å². The molecule has 6 nitrogen and oxygen atoms in total. The van der Waals surface area contributed by atoms with E-state index in [1.807, 2.05) is 48.5 Å². The first-order chi connectivity index (χ1) is 14.6. The summed E-state index contributed by atoms with van der Waals surface area (Å²) in [6, 6.07) is 23.0. The molecule has 0 spiro atoms. The zero-order valence-corrected chi connectivity index (χ0v) is 16.1. The van der Waals surface area contributed by atoms with Crippen molar-refractivity contribution in [2.45, 2.75) is 19.4 Å². The molecule has 3 aromatic rings. The van der Waals surface area contributed by atoms with Gasteiger partial charge in [0.15, 0.2) is 0 Å². The summed E-state index contributed by atoms with van der Waals surface area (Å²) >= 11 is 0. The van der Waals surface area contributed by atoms with Gasteiger partial charge in [0.1, 0.15) is 18.1 Å². The van der Waals surface area contributed by atoms with Crippen LogP contribution < -0.4 is 9.64 Å². The molecule has 0 radical (unpaired) electrons. The third-order valence-corrected chi connectivity index (χ3v) is 4.69. The fourth-order valence-corrected chi connectivity index (χ4v) is 3.20. The quantitative estimate of drug-likeness (QED) is 0.450. The van der Waals surface area contributed by atoms with E-state index in [1.54, 1.807) is 24.3 Å². The molecule has 0 saturated carbocycles. The Morgan fingerprint density at radius 2 is 1.53 bits per heavy atom. The lowest BCUT2D eigenvalue weighted by Crippen LogP contribution is -2.28. The number of esters is 1. The van der Waals surface area contributed by atoms with Crippen molar-refractivity contribution >= 4 is 23.5 Å². The molecule has 1 aliphatic rings. The van der Waals surface area contributed by atoms with Crippen LogP contribution in [0.25, 0.3) is 0 Å². The molecule has 2 amide bonds. The number of benzene rings is 3. The first-order valence-corrected chi connectivity index (χ1v) is 9.55. The molecule has 4 rings (SSSR count). The van der Waals surface area contributed by atoms with Gasteiger partial charge in [0, 0.05) is 18.4 Å². The van der Waals surface area contributed by atoms with Crippen molar-refractivity contribution in [3.8, 4) is 11.5 Å². The Labute approximate surface area is 173 Å². The van der Waals surface area contributed by atoms with Gasteiger partial charge in [-0.2, -0.15) is 0 Å². The zero-order valence-electron chi connectivity index (χ0n) is 16.1. The second-order valence-electron chi connectivity index (χ2n) is 6.77. The normalized spacial score (nSPS) is 13.4. The van der Waals surface area contributed by atoms with E-state index in [1.165, 1.54) is 6.07 Å². The van der Waals surface area contributed by atoms with Crippen molar-refractivity contribution in [3.05, 3.63) is 90.0 Å². The highest BCUT2D eigenvalue weighted by Gasteiger charge is 2.30. The van der Waals surface area contributed by atoms with Gasteiger partial charge in [-0.1, -0.05) is 42.5 Å². The predicted octanol–water partition coefficient (Wildman–Crippen LogP) is 4.49. The number of rotatable bonds is 6. The van der Waals surface area contributed by atoms with Gasteiger partial charge in [-0.25, -0.2) is 4.79 Å². The number of nitrogens with zero attached hydrogens (tertiary/aromatic N) is 1. The number of hydrogen-bond acceptors (Lipinski definition) is 5. The van der Waals surface area contributed by atoms with E-state index in [0.717, 1.165) is 10.5 Å². The van der Waals surface area contributed by atoms with E-state index in [4.69, 9.17) is 9.47 Å². The molecule has 0 bridgehead atoms. The van der Waals surface area contributed by atoms with Crippen molar-refractivity contribution in [3.63, 3.8) is 0 Å². The summed E-state index contributed by atoms with van der Waals surface area (Å²) in [5.41, 5.74) is 1.36. The van der Waals surface area contributed by atoms with Gasteiger partial charge in [0.25, 0.3) is 0 Å². The van der Waals surface area contributed by atoms with E-state index < -0.39 is 5.97 Å². The maximum absolute atomic E-state index is 12.6. The summed E-state index contributed by atoms with van der Waals surface area (Å²) in [4.78, 5) is 37.6. The molecular formula is C24H19NO5. The Bertz CT molecular complexity index is 1080. The summed E-state index contributed by atoms with van der Waals surface area (Å²) in [6.45, 7) is 0.0215. The van der Waals surface area contributed by atoms with E-state index in [2.05, 4.69) is 0 Å². The average molecular weight is 401 g/mol. The standard InChI is InChI=1S/C24H19NO5/c26-22-13-14-23(27)25(22)19-9-6-8-17(15-19)24(28)29-16-18-7-4-5-12-21(18)30-20-10-2-1-3-11-20/h1-12,15H,13-14,16H2. The number of hydrogen-bond donors (Lipinski definition) is 0. The minimum atomic E-state index is -0.551. The number of carbonyl (C=O) groups is 3. The third kappa shape index (κ3) is 4.22. The fraction of sp³-hybridized carbons (Fsp3) is 0.125. The van der Waals surface area contributed by atoms with Gasteiger partial charge in [-0.05, 0) is 36.4 Å². The smallest absolute Gasteiger partial charge is 0.338 e. The number of imide groups is 1. The Kier molecular flexibility index (Phi) is 5.57. The molecule has 0 atom stereocenters. The van der Waals surface area contributed by atoms with Crippen LogP contribution in [0.1, 0.15) is 28.8 Å². The highest BCUT2D eigenvalue weighted by molar-refractivity contribution is 6.20. The summed E-state index contributed by atoms with van der Waals surface area (Å²) in [6.07, 6.45) is 0.372. The van der Waals surface area contributed by atoms with Crippen molar-refractivity contribution in [1.29, 1.82) is 0 Å². The van der Waals surface area contributed by atoms with E-state index >= 15 is 0 Å². The number of carbonyl (C=O) groups excluding carboxylic acids is 3.